The van der Waals surface area contributed by atoms with Crippen LogP contribution in [0.3, 0.4) is 0 Å². The molecule has 3 aromatic carbocycles. The topological polar surface area (TPSA) is 84.2 Å². The number of fused-ring (bicyclic) bond motifs is 1. The first-order chi connectivity index (χ1) is 13.7. The van der Waals surface area contributed by atoms with Crippen molar-refractivity contribution in [1.29, 1.82) is 0 Å². The molecule has 0 saturated carbocycles. The third-order valence-electron chi connectivity index (χ3n) is 4.25. The fourth-order valence-electron chi connectivity index (χ4n) is 2.87. The second-order valence-corrected chi connectivity index (χ2v) is 6.10. The number of H-pyrrole nitrogens is 1. The number of nitro benzene ring substituents is 1. The Morgan fingerprint density at radius 3 is 2.50 bits per heavy atom. The Morgan fingerprint density at radius 1 is 0.964 bits per heavy atom. The smallest absolute Gasteiger partial charge is 0.276 e. The molecule has 28 heavy (non-hydrogen) atoms. The van der Waals surface area contributed by atoms with E-state index in [0.717, 1.165) is 28.1 Å². The average molecular weight is 368 g/mol. The molecule has 0 aliphatic carbocycles. The number of benzene rings is 3. The Labute approximate surface area is 161 Å². The van der Waals surface area contributed by atoms with E-state index in [1.807, 2.05) is 48.5 Å². The van der Waals surface area contributed by atoms with Gasteiger partial charge in [0.1, 0.15) is 5.82 Å². The van der Waals surface area contributed by atoms with Gasteiger partial charge in [-0.2, -0.15) is 0 Å². The van der Waals surface area contributed by atoms with Crippen LogP contribution in [0.15, 0.2) is 83.9 Å². The Morgan fingerprint density at radius 2 is 1.71 bits per heavy atom. The zero-order valence-electron chi connectivity index (χ0n) is 14.8. The Bertz CT molecular complexity index is 1160. The van der Waals surface area contributed by atoms with Crippen LogP contribution >= 0.6 is 0 Å². The molecule has 0 radical (unpaired) electrons. The van der Waals surface area contributed by atoms with Crippen LogP contribution in [0.2, 0.25) is 0 Å². The third-order valence-corrected chi connectivity index (χ3v) is 4.25. The maximum atomic E-state index is 11.0. The zero-order chi connectivity index (χ0) is 19.3. The van der Waals surface area contributed by atoms with Gasteiger partial charge in [-0.1, -0.05) is 24.3 Å². The van der Waals surface area contributed by atoms with Crippen molar-refractivity contribution in [2.45, 2.75) is 0 Å². The standard InChI is InChI=1S/C22H16N4O2/c27-26(28)21-10-4-1-6-16(21)7-5-15-23-18-13-11-17(12-14-18)22-24-19-8-2-3-9-20(19)25-22/h1-15H,(H,24,25)/b7-5-,23-15?. The van der Waals surface area contributed by atoms with E-state index in [1.54, 1.807) is 36.6 Å². The zero-order valence-corrected chi connectivity index (χ0v) is 14.8. The number of nitro groups is 1. The number of aromatic nitrogens is 2. The molecule has 0 atom stereocenters. The molecule has 6 nitrogen and oxygen atoms in total. The second-order valence-electron chi connectivity index (χ2n) is 6.10. The SMILES string of the molecule is O=[N+]([O-])c1ccccc1/C=C\C=Nc1ccc(-c2nc3ccccc3[nH]2)cc1. The third kappa shape index (κ3) is 3.71. The molecule has 0 saturated heterocycles. The fraction of sp³-hybridized carbons (Fsp3) is 0. The first-order valence-corrected chi connectivity index (χ1v) is 8.70. The van der Waals surface area contributed by atoms with E-state index in [1.165, 1.54) is 6.07 Å². The molecule has 6 heteroatoms. The number of aromatic amines is 1. The van der Waals surface area contributed by atoms with Crippen molar-refractivity contribution >= 4 is 34.7 Å². The van der Waals surface area contributed by atoms with Gasteiger partial charge in [0.05, 0.1) is 27.2 Å². The Balaban J connectivity index is 1.48. The van der Waals surface area contributed by atoms with Gasteiger partial charge in [0.25, 0.3) is 5.69 Å². The predicted octanol–water partition coefficient (Wildman–Crippen LogP) is 5.55. The molecule has 0 amide bonds. The summed E-state index contributed by atoms with van der Waals surface area (Å²) in [4.78, 5) is 22.9. The van der Waals surface area contributed by atoms with Gasteiger partial charge >= 0.3 is 0 Å². The number of rotatable bonds is 5. The van der Waals surface area contributed by atoms with Crippen LogP contribution in [-0.2, 0) is 0 Å². The van der Waals surface area contributed by atoms with Crippen LogP contribution in [0.1, 0.15) is 5.56 Å². The van der Waals surface area contributed by atoms with Crippen LogP contribution in [-0.4, -0.2) is 21.1 Å². The summed E-state index contributed by atoms with van der Waals surface area (Å²) in [6, 6.07) is 22.2. The molecule has 1 heterocycles. The van der Waals surface area contributed by atoms with Gasteiger partial charge in [0.2, 0.25) is 0 Å². The lowest BCUT2D eigenvalue weighted by molar-refractivity contribution is -0.385. The van der Waals surface area contributed by atoms with Crippen molar-refractivity contribution < 1.29 is 4.92 Å². The first-order valence-electron chi connectivity index (χ1n) is 8.70. The number of nitrogens with one attached hydrogen (secondary N) is 1. The van der Waals surface area contributed by atoms with Gasteiger partial charge in [-0.25, -0.2) is 4.98 Å². The van der Waals surface area contributed by atoms with Crippen LogP contribution in [0, 0.1) is 10.1 Å². The number of hydrogen-bond acceptors (Lipinski definition) is 4. The van der Waals surface area contributed by atoms with Crippen molar-refractivity contribution in [3.8, 4) is 11.4 Å². The normalized spacial score (nSPS) is 11.6. The molecule has 1 aromatic heterocycles. The predicted molar refractivity (Wildman–Crippen MR) is 112 cm³/mol. The summed E-state index contributed by atoms with van der Waals surface area (Å²) >= 11 is 0. The van der Waals surface area contributed by atoms with Crippen molar-refractivity contribution in [2.75, 3.05) is 0 Å². The lowest BCUT2D eigenvalue weighted by Crippen LogP contribution is -1.90. The number of imidazole rings is 1. The molecule has 4 aromatic rings. The van der Waals surface area contributed by atoms with Gasteiger partial charge in [-0.05, 0) is 54.6 Å². The van der Waals surface area contributed by atoms with Gasteiger partial charge in [0, 0.05) is 17.8 Å². The van der Waals surface area contributed by atoms with Gasteiger partial charge < -0.3 is 4.98 Å². The number of para-hydroxylation sites is 3. The van der Waals surface area contributed by atoms with E-state index in [4.69, 9.17) is 0 Å². The number of allylic oxidation sites excluding steroid dienone is 1. The molecule has 0 aliphatic heterocycles. The Kier molecular flexibility index (Phi) is 4.76. The van der Waals surface area contributed by atoms with Crippen LogP contribution in [0.25, 0.3) is 28.5 Å². The molecule has 136 valence electrons. The van der Waals surface area contributed by atoms with Crippen molar-refractivity contribution in [3.05, 3.63) is 94.6 Å². The maximum absolute atomic E-state index is 11.0. The minimum absolute atomic E-state index is 0.0716. The van der Waals surface area contributed by atoms with Gasteiger partial charge in [-0.3, -0.25) is 15.1 Å². The highest BCUT2D eigenvalue weighted by Crippen LogP contribution is 2.23. The Hall–Kier alpha value is -4.06. The molecule has 0 unspecified atom stereocenters. The molecule has 0 bridgehead atoms. The monoisotopic (exact) mass is 368 g/mol. The van der Waals surface area contributed by atoms with Crippen molar-refractivity contribution in [2.24, 2.45) is 4.99 Å². The summed E-state index contributed by atoms with van der Waals surface area (Å²) in [7, 11) is 0. The summed E-state index contributed by atoms with van der Waals surface area (Å²) in [5.41, 5.74) is 4.30. The molecular formula is C22H16N4O2. The van der Waals surface area contributed by atoms with E-state index in [0.29, 0.717) is 5.56 Å². The van der Waals surface area contributed by atoms with E-state index >= 15 is 0 Å². The highest BCUT2D eigenvalue weighted by molar-refractivity contribution is 5.82. The molecule has 4 rings (SSSR count). The van der Waals surface area contributed by atoms with Crippen molar-refractivity contribution in [1.82, 2.24) is 9.97 Å². The highest BCUT2D eigenvalue weighted by Gasteiger charge is 2.08. The van der Waals surface area contributed by atoms with E-state index in [9.17, 15) is 10.1 Å². The first kappa shape index (κ1) is 17.4. The number of nitrogens with zero attached hydrogens (tertiary/aromatic N) is 3. The molecular weight excluding hydrogens is 352 g/mol. The highest BCUT2D eigenvalue weighted by atomic mass is 16.6. The summed E-state index contributed by atoms with van der Waals surface area (Å²) in [6.07, 6.45) is 4.98. The fourth-order valence-corrected chi connectivity index (χ4v) is 2.87. The van der Waals surface area contributed by atoms with Crippen LogP contribution in [0.4, 0.5) is 11.4 Å². The summed E-state index contributed by atoms with van der Waals surface area (Å²) < 4.78 is 0. The van der Waals surface area contributed by atoms with E-state index < -0.39 is 4.92 Å². The average Bonchev–Trinajstić information content (AvgIpc) is 3.16. The van der Waals surface area contributed by atoms with Gasteiger partial charge in [0.15, 0.2) is 0 Å². The molecule has 1 N–H and O–H groups in total. The second kappa shape index (κ2) is 7.67. The molecule has 0 spiro atoms. The van der Waals surface area contributed by atoms with Crippen LogP contribution < -0.4 is 0 Å². The largest absolute Gasteiger partial charge is 0.338 e. The van der Waals surface area contributed by atoms with E-state index in [-0.39, 0.29) is 5.69 Å². The lowest BCUT2D eigenvalue weighted by Gasteiger charge is -1.97. The maximum Gasteiger partial charge on any atom is 0.276 e. The van der Waals surface area contributed by atoms with Gasteiger partial charge in [-0.15, -0.1) is 0 Å². The number of hydrogen-bond donors (Lipinski definition) is 1. The minimum Gasteiger partial charge on any atom is -0.338 e. The van der Waals surface area contributed by atoms with E-state index in [2.05, 4.69) is 15.0 Å². The lowest BCUT2D eigenvalue weighted by atomic mass is 10.1. The summed E-state index contributed by atoms with van der Waals surface area (Å²) in [6.45, 7) is 0. The molecule has 0 aliphatic rings. The summed E-state index contributed by atoms with van der Waals surface area (Å²) in [5.74, 6) is 0.813. The minimum atomic E-state index is -0.395. The number of aliphatic imine (C=N–C) groups is 1. The summed E-state index contributed by atoms with van der Waals surface area (Å²) in [5, 5.41) is 11.0. The quantitative estimate of drug-likeness (QED) is 0.284. The molecule has 0 fully saturated rings. The van der Waals surface area contributed by atoms with Crippen molar-refractivity contribution in [3.63, 3.8) is 0 Å². The van der Waals surface area contributed by atoms with Crippen LogP contribution in [0.5, 0.6) is 0 Å².